The van der Waals surface area contributed by atoms with Crippen LogP contribution in [-0.2, 0) is 49.2 Å². The summed E-state index contributed by atoms with van der Waals surface area (Å²) in [7, 11) is -1.76. The summed E-state index contributed by atoms with van der Waals surface area (Å²) < 4.78 is 25.3. The van der Waals surface area contributed by atoms with E-state index in [9.17, 15) is 9.00 Å². The van der Waals surface area contributed by atoms with Gasteiger partial charge in [-0.05, 0) is 86.4 Å². The third kappa shape index (κ3) is 3.50. The zero-order chi connectivity index (χ0) is 20.9. The quantitative estimate of drug-likeness (QED) is 0.681. The Bertz CT molecular complexity index is 1080. The second kappa shape index (κ2) is 7.39. The number of benzene rings is 1. The molecule has 0 saturated carbocycles. The van der Waals surface area contributed by atoms with Gasteiger partial charge >= 0.3 is 6.03 Å². The van der Waals surface area contributed by atoms with Crippen LogP contribution in [-0.4, -0.2) is 38.0 Å². The van der Waals surface area contributed by atoms with Crippen molar-refractivity contribution in [2.75, 3.05) is 18.4 Å². The Balaban J connectivity index is 1.34. The van der Waals surface area contributed by atoms with E-state index in [1.807, 2.05) is 0 Å². The fourth-order valence-corrected chi connectivity index (χ4v) is 5.78. The van der Waals surface area contributed by atoms with Gasteiger partial charge in [0.15, 0.2) is 14.9 Å². The molecule has 2 aromatic rings. The minimum absolute atomic E-state index is 0.0965. The number of amides is 2. The zero-order valence-electron chi connectivity index (χ0n) is 17.3. The number of likely N-dealkylation sites (tertiary alicyclic amines) is 1. The Morgan fingerprint density at radius 2 is 1.77 bits per heavy atom. The number of aryl methyl sites for hydroxylation is 3. The van der Waals surface area contributed by atoms with E-state index in [-0.39, 0.29) is 5.03 Å². The van der Waals surface area contributed by atoms with Gasteiger partial charge in [-0.15, -0.1) is 0 Å². The van der Waals surface area contributed by atoms with Crippen LogP contribution in [0.5, 0.6) is 0 Å². The molecule has 9 heteroatoms. The van der Waals surface area contributed by atoms with E-state index < -0.39 is 15.9 Å². The molecule has 2 amide bonds. The largest absolute Gasteiger partial charge is 0.332 e. The smallest absolute Gasteiger partial charge is 0.307 e. The van der Waals surface area contributed by atoms with Gasteiger partial charge in [-0.2, -0.15) is 5.10 Å². The molecule has 8 nitrogen and oxygen atoms in total. The maximum Gasteiger partial charge on any atom is 0.332 e. The molecular weight excluding hydrogens is 400 g/mol. The monoisotopic (exact) mass is 428 g/mol. The highest BCUT2D eigenvalue weighted by Gasteiger charge is 2.26. The molecule has 1 aromatic carbocycles. The SMILES string of the molecule is Cn1nc(S(=N)(=O)NC(=O)Nc2c3c(cc4c2CCC4)CCC3)cc1CN1CCC1. The van der Waals surface area contributed by atoms with E-state index in [1.54, 1.807) is 17.8 Å². The van der Waals surface area contributed by atoms with Crippen molar-refractivity contribution in [3.8, 4) is 0 Å². The third-order valence-corrected chi connectivity index (χ3v) is 7.79. The van der Waals surface area contributed by atoms with Gasteiger partial charge in [-0.3, -0.25) is 9.58 Å². The van der Waals surface area contributed by atoms with Crippen LogP contribution < -0.4 is 10.0 Å². The highest BCUT2D eigenvalue weighted by molar-refractivity contribution is 7.91. The number of rotatable bonds is 5. The van der Waals surface area contributed by atoms with Crippen LogP contribution in [0.4, 0.5) is 10.5 Å². The van der Waals surface area contributed by atoms with Crippen molar-refractivity contribution < 1.29 is 9.00 Å². The second-order valence-electron chi connectivity index (χ2n) is 8.57. The molecule has 1 atom stereocenters. The molecule has 1 fully saturated rings. The van der Waals surface area contributed by atoms with Gasteiger partial charge in [-0.1, -0.05) is 6.07 Å². The predicted molar refractivity (Wildman–Crippen MR) is 115 cm³/mol. The van der Waals surface area contributed by atoms with E-state index in [1.165, 1.54) is 28.7 Å². The molecule has 5 rings (SSSR count). The van der Waals surface area contributed by atoms with Gasteiger partial charge in [0, 0.05) is 19.3 Å². The second-order valence-corrected chi connectivity index (χ2v) is 10.3. The fraction of sp³-hybridized carbons (Fsp3) is 0.524. The van der Waals surface area contributed by atoms with Crippen molar-refractivity contribution in [1.29, 1.82) is 4.78 Å². The predicted octanol–water partition coefficient (Wildman–Crippen LogP) is 2.75. The number of carbonyl (C=O) groups excluding carboxylic acids is 1. The molecule has 3 aliphatic rings. The van der Waals surface area contributed by atoms with Crippen molar-refractivity contribution in [3.63, 3.8) is 0 Å². The number of hydrogen-bond donors (Lipinski definition) is 3. The molecule has 1 saturated heterocycles. The number of hydrogen-bond acceptors (Lipinski definition) is 5. The molecule has 1 unspecified atom stereocenters. The number of fused-ring (bicyclic) bond motifs is 2. The van der Waals surface area contributed by atoms with E-state index in [2.05, 4.69) is 26.1 Å². The molecule has 2 aliphatic carbocycles. The van der Waals surface area contributed by atoms with Crippen molar-refractivity contribution in [1.82, 2.24) is 19.4 Å². The highest BCUT2D eigenvalue weighted by Crippen LogP contribution is 2.38. The average Bonchev–Trinajstić information content (AvgIpc) is 3.37. The lowest BCUT2D eigenvalue weighted by Gasteiger charge is -2.30. The van der Waals surface area contributed by atoms with Crippen molar-refractivity contribution in [2.24, 2.45) is 7.05 Å². The van der Waals surface area contributed by atoms with Gasteiger partial charge in [0.2, 0.25) is 0 Å². The van der Waals surface area contributed by atoms with Crippen LogP contribution in [0.3, 0.4) is 0 Å². The maximum atomic E-state index is 13.0. The van der Waals surface area contributed by atoms with Crippen LogP contribution in [0.1, 0.15) is 47.2 Å². The van der Waals surface area contributed by atoms with Crippen LogP contribution in [0, 0.1) is 4.78 Å². The molecule has 0 bridgehead atoms. The Morgan fingerprint density at radius 1 is 1.10 bits per heavy atom. The van der Waals surface area contributed by atoms with Gasteiger partial charge in [0.25, 0.3) is 0 Å². The molecule has 3 N–H and O–H groups in total. The number of anilines is 1. The molecule has 1 aromatic heterocycles. The topological polar surface area (TPSA) is 103 Å². The van der Waals surface area contributed by atoms with E-state index in [4.69, 9.17) is 4.78 Å². The molecule has 2 heterocycles. The third-order valence-electron chi connectivity index (χ3n) is 6.53. The highest BCUT2D eigenvalue weighted by atomic mass is 32.2. The lowest BCUT2D eigenvalue weighted by Crippen LogP contribution is -2.36. The van der Waals surface area contributed by atoms with Crippen molar-refractivity contribution >= 4 is 21.6 Å². The molecule has 0 spiro atoms. The van der Waals surface area contributed by atoms with Crippen molar-refractivity contribution in [3.05, 3.63) is 40.1 Å². The first-order valence-corrected chi connectivity index (χ1v) is 12.3. The fourth-order valence-electron chi connectivity index (χ4n) is 4.82. The maximum absolute atomic E-state index is 13.0. The number of nitrogens with zero attached hydrogens (tertiary/aromatic N) is 3. The lowest BCUT2D eigenvalue weighted by atomic mass is 9.99. The standard InChI is InChI=1S/C21H28N6O2S/c1-26-16(13-27-9-4-10-27)12-19(24-26)30(22,29)25-21(28)23-20-17-7-2-5-14(17)11-15-6-3-8-18(15)20/h11-12H,2-10,13H2,1H3,(H3,22,23,25,28,29). The van der Waals surface area contributed by atoms with Gasteiger partial charge in [0.05, 0.1) is 5.69 Å². The van der Waals surface area contributed by atoms with Crippen LogP contribution in [0.15, 0.2) is 17.2 Å². The lowest BCUT2D eigenvalue weighted by molar-refractivity contribution is 0.168. The van der Waals surface area contributed by atoms with Crippen molar-refractivity contribution in [2.45, 2.75) is 56.5 Å². The summed E-state index contributed by atoms with van der Waals surface area (Å²) in [6, 6.07) is 3.38. The number of aromatic nitrogens is 2. The van der Waals surface area contributed by atoms with Crippen LogP contribution in [0.2, 0.25) is 0 Å². The molecule has 0 radical (unpaired) electrons. The Labute approximate surface area is 177 Å². The van der Waals surface area contributed by atoms with Gasteiger partial charge in [0.1, 0.15) is 0 Å². The first-order valence-electron chi connectivity index (χ1n) is 10.7. The Kier molecular flexibility index (Phi) is 4.82. The first kappa shape index (κ1) is 19.6. The Hall–Kier alpha value is -2.39. The molecule has 160 valence electrons. The minimum atomic E-state index is -3.55. The summed E-state index contributed by atoms with van der Waals surface area (Å²) >= 11 is 0. The number of nitrogens with one attached hydrogen (secondary N) is 3. The average molecular weight is 429 g/mol. The van der Waals surface area contributed by atoms with E-state index in [0.717, 1.165) is 63.0 Å². The van der Waals surface area contributed by atoms with Crippen LogP contribution >= 0.6 is 0 Å². The summed E-state index contributed by atoms with van der Waals surface area (Å²) in [5, 5.41) is 7.30. The summed E-state index contributed by atoms with van der Waals surface area (Å²) in [4.78, 5) is 15.0. The summed E-state index contributed by atoms with van der Waals surface area (Å²) in [6.07, 6.45) is 7.37. The summed E-state index contributed by atoms with van der Waals surface area (Å²) in [6.45, 7) is 2.81. The molecule has 1 aliphatic heterocycles. The summed E-state index contributed by atoms with van der Waals surface area (Å²) in [5.41, 5.74) is 6.82. The van der Waals surface area contributed by atoms with Gasteiger partial charge < -0.3 is 5.32 Å². The zero-order valence-corrected chi connectivity index (χ0v) is 18.1. The summed E-state index contributed by atoms with van der Waals surface area (Å²) in [5.74, 6) is 0. The van der Waals surface area contributed by atoms with Gasteiger partial charge in [-0.25, -0.2) is 18.5 Å². The molecule has 30 heavy (non-hydrogen) atoms. The normalized spacial score (nSPS) is 19.6. The minimum Gasteiger partial charge on any atom is -0.307 e. The number of carbonyl (C=O) groups is 1. The van der Waals surface area contributed by atoms with E-state index >= 15 is 0 Å². The first-order chi connectivity index (χ1) is 14.4. The van der Waals surface area contributed by atoms with E-state index in [0.29, 0.717) is 6.54 Å². The Morgan fingerprint density at radius 3 is 2.37 bits per heavy atom. The number of urea groups is 1. The van der Waals surface area contributed by atoms with Crippen LogP contribution in [0.25, 0.3) is 0 Å². The molecular formula is C21H28N6O2S.